The van der Waals surface area contributed by atoms with E-state index in [0.29, 0.717) is 10.6 Å². The third kappa shape index (κ3) is 4.86. The number of benzene rings is 3. The number of hydrogen-bond acceptors (Lipinski definition) is 4. The van der Waals surface area contributed by atoms with Gasteiger partial charge in [-0.2, -0.15) is 0 Å². The molecule has 0 aliphatic carbocycles. The lowest BCUT2D eigenvalue weighted by molar-refractivity contribution is 0.0698. The molecule has 0 saturated carbocycles. The molecule has 4 rings (SSSR count). The van der Waals surface area contributed by atoms with Crippen molar-refractivity contribution in [1.29, 1.82) is 0 Å². The fourth-order valence-corrected chi connectivity index (χ4v) is 4.08. The summed E-state index contributed by atoms with van der Waals surface area (Å²) in [5, 5.41) is 12.9. The fraction of sp³-hybridized carbons (Fsp3) is 0.200. The first-order valence-corrected chi connectivity index (χ1v) is 10.8. The predicted octanol–water partition coefficient (Wildman–Crippen LogP) is 4.93. The number of aryl methyl sites for hydroxylation is 1. The van der Waals surface area contributed by atoms with Gasteiger partial charge in [0.2, 0.25) is 0 Å². The molecule has 1 amide bonds. The lowest BCUT2D eigenvalue weighted by Gasteiger charge is -2.37. The molecule has 0 aromatic heterocycles. The van der Waals surface area contributed by atoms with E-state index in [1.54, 1.807) is 36.4 Å². The number of amides is 1. The van der Waals surface area contributed by atoms with Crippen molar-refractivity contribution in [2.75, 3.05) is 41.3 Å². The van der Waals surface area contributed by atoms with Crippen molar-refractivity contribution in [2.24, 2.45) is 0 Å². The molecule has 0 bridgehead atoms. The van der Waals surface area contributed by atoms with Gasteiger partial charge >= 0.3 is 5.97 Å². The topological polar surface area (TPSA) is 72.9 Å². The Labute approximate surface area is 192 Å². The Balaban J connectivity index is 1.48. The average Bonchev–Trinajstić information content (AvgIpc) is 2.79. The molecule has 0 spiro atoms. The second-order valence-electron chi connectivity index (χ2n) is 7.81. The van der Waals surface area contributed by atoms with E-state index in [4.69, 9.17) is 11.6 Å². The molecule has 1 fully saturated rings. The first kappa shape index (κ1) is 21.7. The van der Waals surface area contributed by atoms with E-state index in [-0.39, 0.29) is 11.3 Å². The lowest BCUT2D eigenvalue weighted by atomic mass is 10.1. The van der Waals surface area contributed by atoms with Gasteiger partial charge in [-0.25, -0.2) is 4.79 Å². The summed E-state index contributed by atoms with van der Waals surface area (Å²) in [7, 11) is 0. The average molecular weight is 450 g/mol. The molecule has 7 heteroatoms. The summed E-state index contributed by atoms with van der Waals surface area (Å²) >= 11 is 5.95. The van der Waals surface area contributed by atoms with Crippen molar-refractivity contribution in [2.45, 2.75) is 6.92 Å². The number of carbonyl (C=O) groups is 2. The van der Waals surface area contributed by atoms with Crippen molar-refractivity contribution in [1.82, 2.24) is 0 Å². The molecule has 32 heavy (non-hydrogen) atoms. The highest BCUT2D eigenvalue weighted by Crippen LogP contribution is 2.26. The molecular weight excluding hydrogens is 426 g/mol. The number of carbonyl (C=O) groups excluding carboxylic acids is 1. The van der Waals surface area contributed by atoms with Gasteiger partial charge in [-0.15, -0.1) is 0 Å². The van der Waals surface area contributed by atoms with Gasteiger partial charge in [-0.05, 0) is 61.0 Å². The molecule has 0 unspecified atom stereocenters. The van der Waals surface area contributed by atoms with Crippen LogP contribution in [0.4, 0.5) is 17.1 Å². The van der Waals surface area contributed by atoms with Gasteiger partial charge in [0.05, 0.1) is 11.3 Å². The second-order valence-corrected chi connectivity index (χ2v) is 8.25. The van der Waals surface area contributed by atoms with Crippen LogP contribution in [-0.4, -0.2) is 43.2 Å². The summed E-state index contributed by atoms with van der Waals surface area (Å²) in [4.78, 5) is 28.9. The molecule has 1 aliphatic rings. The van der Waals surface area contributed by atoms with Crippen molar-refractivity contribution >= 4 is 40.5 Å². The Morgan fingerprint density at radius 1 is 0.875 bits per heavy atom. The van der Waals surface area contributed by atoms with Gasteiger partial charge in [0.15, 0.2) is 0 Å². The molecule has 1 aliphatic heterocycles. The van der Waals surface area contributed by atoms with Gasteiger partial charge < -0.3 is 20.2 Å². The van der Waals surface area contributed by atoms with Gasteiger partial charge in [0.1, 0.15) is 0 Å². The molecule has 0 radical (unpaired) electrons. The molecule has 1 heterocycles. The molecule has 6 nitrogen and oxygen atoms in total. The van der Waals surface area contributed by atoms with Crippen LogP contribution in [0.5, 0.6) is 0 Å². The maximum atomic E-state index is 12.5. The molecular formula is C25H24ClN3O3. The van der Waals surface area contributed by atoms with E-state index >= 15 is 0 Å². The summed E-state index contributed by atoms with van der Waals surface area (Å²) < 4.78 is 0. The van der Waals surface area contributed by atoms with E-state index in [0.717, 1.165) is 31.9 Å². The van der Waals surface area contributed by atoms with E-state index in [9.17, 15) is 14.7 Å². The van der Waals surface area contributed by atoms with Crippen LogP contribution in [0, 0.1) is 6.92 Å². The Bertz CT molecular complexity index is 1160. The number of carboxylic acids is 1. The van der Waals surface area contributed by atoms with Crippen LogP contribution < -0.4 is 15.1 Å². The maximum Gasteiger partial charge on any atom is 0.337 e. The van der Waals surface area contributed by atoms with E-state index in [2.05, 4.69) is 46.3 Å². The predicted molar refractivity (Wildman–Crippen MR) is 128 cm³/mol. The molecule has 3 aromatic carbocycles. The number of hydrogen-bond donors (Lipinski definition) is 2. The standard InChI is InChI=1S/C25H24ClN3O3/c1-17-4-2-7-20(14-17)28-10-12-29(13-11-28)21-8-9-23(22(16-21)25(31)32)27-24(30)18-5-3-6-19(26)15-18/h2-9,14-16H,10-13H2,1H3,(H,27,30)(H,31,32). The second kappa shape index (κ2) is 9.32. The first-order valence-electron chi connectivity index (χ1n) is 10.4. The number of nitrogens with one attached hydrogen (secondary N) is 1. The molecule has 3 aromatic rings. The van der Waals surface area contributed by atoms with Gasteiger partial charge in [-0.3, -0.25) is 4.79 Å². The molecule has 2 N–H and O–H groups in total. The monoisotopic (exact) mass is 449 g/mol. The van der Waals surface area contributed by atoms with Gasteiger partial charge in [0, 0.05) is 48.1 Å². The summed E-state index contributed by atoms with van der Waals surface area (Å²) in [6.45, 7) is 5.33. The summed E-state index contributed by atoms with van der Waals surface area (Å²) in [5.74, 6) is -1.50. The van der Waals surface area contributed by atoms with Gasteiger partial charge in [0.25, 0.3) is 5.91 Å². The number of aromatic carboxylic acids is 1. The van der Waals surface area contributed by atoms with Crippen molar-refractivity contribution in [3.8, 4) is 0 Å². The van der Waals surface area contributed by atoms with E-state index in [1.807, 2.05) is 6.07 Å². The van der Waals surface area contributed by atoms with Crippen LogP contribution in [0.3, 0.4) is 0 Å². The summed E-state index contributed by atoms with van der Waals surface area (Å²) in [5.41, 5.74) is 3.93. The highest BCUT2D eigenvalue weighted by molar-refractivity contribution is 6.31. The summed E-state index contributed by atoms with van der Waals surface area (Å²) in [6.07, 6.45) is 0. The SMILES string of the molecule is Cc1cccc(N2CCN(c3ccc(NC(=O)c4cccc(Cl)c4)c(C(=O)O)c3)CC2)c1. The Kier molecular flexibility index (Phi) is 6.32. The minimum absolute atomic E-state index is 0.0546. The zero-order chi connectivity index (χ0) is 22.7. The minimum Gasteiger partial charge on any atom is -0.478 e. The van der Waals surface area contributed by atoms with Crippen LogP contribution in [0.1, 0.15) is 26.3 Å². The highest BCUT2D eigenvalue weighted by atomic mass is 35.5. The maximum absolute atomic E-state index is 12.5. The number of nitrogens with zero attached hydrogens (tertiary/aromatic N) is 2. The molecule has 164 valence electrons. The smallest absolute Gasteiger partial charge is 0.337 e. The Morgan fingerprint density at radius 3 is 2.16 bits per heavy atom. The van der Waals surface area contributed by atoms with Crippen molar-refractivity contribution < 1.29 is 14.7 Å². The van der Waals surface area contributed by atoms with Crippen LogP contribution in [0.25, 0.3) is 0 Å². The van der Waals surface area contributed by atoms with Crippen molar-refractivity contribution in [3.63, 3.8) is 0 Å². The summed E-state index contributed by atoms with van der Waals surface area (Å²) in [6, 6.07) is 20.1. The molecule has 0 atom stereocenters. The Hall–Kier alpha value is -3.51. The number of rotatable bonds is 5. The van der Waals surface area contributed by atoms with Crippen LogP contribution in [-0.2, 0) is 0 Å². The zero-order valence-electron chi connectivity index (χ0n) is 17.7. The zero-order valence-corrected chi connectivity index (χ0v) is 18.5. The quantitative estimate of drug-likeness (QED) is 0.578. The largest absolute Gasteiger partial charge is 0.478 e. The minimum atomic E-state index is -1.09. The molecule has 1 saturated heterocycles. The van der Waals surface area contributed by atoms with Crippen LogP contribution >= 0.6 is 11.6 Å². The first-order chi connectivity index (χ1) is 15.4. The van der Waals surface area contributed by atoms with Crippen LogP contribution in [0.2, 0.25) is 5.02 Å². The normalized spacial score (nSPS) is 13.7. The number of piperazine rings is 1. The van der Waals surface area contributed by atoms with E-state index < -0.39 is 11.9 Å². The van der Waals surface area contributed by atoms with Crippen molar-refractivity contribution in [3.05, 3.63) is 88.4 Å². The fourth-order valence-electron chi connectivity index (χ4n) is 3.89. The third-order valence-corrected chi connectivity index (χ3v) is 5.82. The van der Waals surface area contributed by atoms with Gasteiger partial charge in [-0.1, -0.05) is 29.8 Å². The number of halogens is 1. The van der Waals surface area contributed by atoms with Crippen LogP contribution in [0.15, 0.2) is 66.7 Å². The lowest BCUT2D eigenvalue weighted by Crippen LogP contribution is -2.46. The number of carboxylic acid groups (broad SMARTS) is 1. The Morgan fingerprint density at radius 2 is 1.53 bits per heavy atom. The number of anilines is 3. The highest BCUT2D eigenvalue weighted by Gasteiger charge is 2.21. The van der Waals surface area contributed by atoms with E-state index in [1.165, 1.54) is 11.3 Å². The third-order valence-electron chi connectivity index (χ3n) is 5.58.